The van der Waals surface area contributed by atoms with Gasteiger partial charge in [-0.1, -0.05) is 19.9 Å². The summed E-state index contributed by atoms with van der Waals surface area (Å²) in [5.41, 5.74) is 13.0. The molecule has 2 aromatic carbocycles. The Morgan fingerprint density at radius 1 is 1.21 bits per heavy atom. The molecule has 0 saturated carbocycles. The molecule has 0 saturated heterocycles. The fraction of sp³-hybridized carbons (Fsp3) is 0.292. The average Bonchev–Trinajstić information content (AvgIpc) is 3.10. The number of nitrogen functional groups attached to an aromatic ring is 1. The Balaban J connectivity index is 2.00. The topological polar surface area (TPSA) is 125 Å². The van der Waals surface area contributed by atoms with Gasteiger partial charge in [-0.2, -0.15) is 5.10 Å². The predicted octanol–water partition coefficient (Wildman–Crippen LogP) is 3.59. The third-order valence-electron chi connectivity index (χ3n) is 5.23. The van der Waals surface area contributed by atoms with Crippen LogP contribution in [-0.2, 0) is 6.54 Å². The Labute approximate surface area is 195 Å². The molecule has 1 aromatic heterocycles. The number of anilines is 1. The van der Waals surface area contributed by atoms with Crippen LogP contribution in [0.25, 0.3) is 5.69 Å². The van der Waals surface area contributed by atoms with Crippen molar-refractivity contribution in [2.24, 2.45) is 5.73 Å². The van der Waals surface area contributed by atoms with Crippen molar-refractivity contribution in [1.82, 2.24) is 15.1 Å². The zero-order valence-electron chi connectivity index (χ0n) is 19.4. The predicted molar refractivity (Wildman–Crippen MR) is 124 cm³/mol. The van der Waals surface area contributed by atoms with Crippen molar-refractivity contribution < 1.29 is 23.1 Å². The second kappa shape index (κ2) is 9.90. The molecule has 0 fully saturated rings. The minimum absolute atomic E-state index is 0.0484. The van der Waals surface area contributed by atoms with Gasteiger partial charge in [-0.15, -0.1) is 0 Å². The normalized spacial score (nSPS) is 11.0. The molecule has 2 amide bonds. The summed E-state index contributed by atoms with van der Waals surface area (Å²) in [5, 5.41) is 6.98. The number of nitrogens with one attached hydrogen (secondary N) is 1. The maximum atomic E-state index is 15.4. The van der Waals surface area contributed by atoms with Gasteiger partial charge in [0.25, 0.3) is 11.8 Å². The van der Waals surface area contributed by atoms with E-state index in [1.165, 1.54) is 24.3 Å². The van der Waals surface area contributed by atoms with Gasteiger partial charge in [0.05, 0.1) is 18.0 Å². The lowest BCUT2D eigenvalue weighted by Crippen LogP contribution is -2.24. The molecule has 1 heterocycles. The zero-order valence-corrected chi connectivity index (χ0v) is 19.4. The largest absolute Gasteiger partial charge is 0.491 e. The molecule has 3 rings (SSSR count). The molecule has 0 aliphatic heterocycles. The van der Waals surface area contributed by atoms with Gasteiger partial charge >= 0.3 is 0 Å². The Kier molecular flexibility index (Phi) is 7.19. The van der Waals surface area contributed by atoms with Crippen molar-refractivity contribution in [3.63, 3.8) is 0 Å². The van der Waals surface area contributed by atoms with Crippen molar-refractivity contribution in [3.8, 4) is 11.4 Å². The summed E-state index contributed by atoms with van der Waals surface area (Å²) in [6.45, 7) is 7.22. The van der Waals surface area contributed by atoms with E-state index in [0.29, 0.717) is 16.8 Å². The number of aromatic nitrogens is 2. The Hall–Kier alpha value is -3.95. The smallest absolute Gasteiger partial charge is 0.269 e. The van der Waals surface area contributed by atoms with Gasteiger partial charge in [-0.25, -0.2) is 13.5 Å². The molecule has 0 radical (unpaired) electrons. The number of hydrogen-bond acceptors (Lipinski definition) is 5. The Morgan fingerprint density at radius 2 is 1.91 bits per heavy atom. The van der Waals surface area contributed by atoms with Crippen LogP contribution in [0.4, 0.5) is 14.5 Å². The number of halogens is 2. The second-order valence-electron chi connectivity index (χ2n) is 8.08. The molecule has 8 nitrogen and oxygen atoms in total. The molecule has 0 aliphatic rings. The first-order valence-electron chi connectivity index (χ1n) is 10.7. The standard InChI is InChI=1S/C24H27F2N5O3/c1-5-34-18-9-14(11-29-24(33)16-10-15(25)7-6-13(16)4)8-17(26)21(18)31-22(23(28)32)19(27)20(30-31)12(2)3/h6-10,12H,5,11,27H2,1-4H3,(H2,28,32)(H,29,33). The summed E-state index contributed by atoms with van der Waals surface area (Å²) < 4.78 is 35.6. The number of nitrogens with two attached hydrogens (primary N) is 2. The van der Waals surface area contributed by atoms with Gasteiger partial charge in [0.1, 0.15) is 17.3 Å². The van der Waals surface area contributed by atoms with E-state index in [0.717, 1.165) is 10.7 Å². The first kappa shape index (κ1) is 24.7. The monoisotopic (exact) mass is 471 g/mol. The van der Waals surface area contributed by atoms with E-state index in [-0.39, 0.29) is 47.5 Å². The highest BCUT2D eigenvalue weighted by Gasteiger charge is 2.26. The number of amides is 2. The van der Waals surface area contributed by atoms with Crippen LogP contribution in [0, 0.1) is 18.6 Å². The summed E-state index contributed by atoms with van der Waals surface area (Å²) in [5.74, 6) is -2.70. The molecule has 0 bridgehead atoms. The van der Waals surface area contributed by atoms with E-state index >= 15 is 4.39 Å². The number of hydrogen-bond donors (Lipinski definition) is 3. The zero-order chi connectivity index (χ0) is 25.2. The molecule has 180 valence electrons. The van der Waals surface area contributed by atoms with Crippen molar-refractivity contribution in [3.05, 3.63) is 70.0 Å². The number of aryl methyl sites for hydroxylation is 1. The van der Waals surface area contributed by atoms with E-state index in [9.17, 15) is 14.0 Å². The van der Waals surface area contributed by atoms with Crippen LogP contribution in [0.3, 0.4) is 0 Å². The number of benzene rings is 2. The third kappa shape index (κ3) is 4.85. The number of ether oxygens (including phenoxy) is 1. The lowest BCUT2D eigenvalue weighted by molar-refractivity contribution is 0.0948. The maximum absolute atomic E-state index is 15.4. The van der Waals surface area contributed by atoms with Gasteiger partial charge in [-0.3, -0.25) is 9.59 Å². The highest BCUT2D eigenvalue weighted by Crippen LogP contribution is 2.33. The summed E-state index contributed by atoms with van der Waals surface area (Å²) in [4.78, 5) is 24.6. The lowest BCUT2D eigenvalue weighted by atomic mass is 10.1. The highest BCUT2D eigenvalue weighted by atomic mass is 19.1. The van der Waals surface area contributed by atoms with E-state index < -0.39 is 23.4 Å². The van der Waals surface area contributed by atoms with Crippen LogP contribution in [0.1, 0.15) is 64.4 Å². The third-order valence-corrected chi connectivity index (χ3v) is 5.23. The van der Waals surface area contributed by atoms with Gasteiger partial charge in [0.2, 0.25) is 0 Å². The molecule has 0 atom stereocenters. The van der Waals surface area contributed by atoms with Crippen LogP contribution in [0.15, 0.2) is 30.3 Å². The van der Waals surface area contributed by atoms with E-state index in [1.807, 2.05) is 13.8 Å². The van der Waals surface area contributed by atoms with Gasteiger partial charge in [0, 0.05) is 12.1 Å². The van der Waals surface area contributed by atoms with E-state index in [2.05, 4.69) is 10.4 Å². The number of carbonyl (C=O) groups excluding carboxylic acids is 2. The average molecular weight is 472 g/mol. The van der Waals surface area contributed by atoms with E-state index in [1.54, 1.807) is 13.8 Å². The van der Waals surface area contributed by atoms with Crippen LogP contribution in [-0.4, -0.2) is 28.2 Å². The second-order valence-corrected chi connectivity index (χ2v) is 8.08. The minimum atomic E-state index is -0.861. The molecule has 0 unspecified atom stereocenters. The minimum Gasteiger partial charge on any atom is -0.491 e. The number of nitrogens with zero attached hydrogens (tertiary/aromatic N) is 2. The van der Waals surface area contributed by atoms with Gasteiger partial charge in [-0.05, 0) is 55.2 Å². The molecule has 10 heteroatoms. The first-order valence-corrected chi connectivity index (χ1v) is 10.7. The summed E-state index contributed by atoms with van der Waals surface area (Å²) >= 11 is 0. The molecule has 5 N–H and O–H groups in total. The fourth-order valence-electron chi connectivity index (χ4n) is 3.59. The van der Waals surface area contributed by atoms with Crippen LogP contribution < -0.4 is 21.5 Å². The van der Waals surface area contributed by atoms with Crippen molar-refractivity contribution in [2.75, 3.05) is 12.3 Å². The highest BCUT2D eigenvalue weighted by molar-refractivity contribution is 5.97. The SMILES string of the molecule is CCOc1cc(CNC(=O)c2cc(F)ccc2C)cc(F)c1-n1nc(C(C)C)c(N)c1C(N)=O. The van der Waals surface area contributed by atoms with Crippen molar-refractivity contribution in [2.45, 2.75) is 40.2 Å². The molecule has 3 aromatic rings. The Morgan fingerprint density at radius 3 is 2.53 bits per heavy atom. The molecule has 0 spiro atoms. The quantitative estimate of drug-likeness (QED) is 0.463. The van der Waals surface area contributed by atoms with Crippen LogP contribution >= 0.6 is 0 Å². The molecular weight excluding hydrogens is 444 g/mol. The number of carbonyl (C=O) groups is 2. The van der Waals surface area contributed by atoms with Crippen molar-refractivity contribution >= 4 is 17.5 Å². The Bertz CT molecular complexity index is 1250. The maximum Gasteiger partial charge on any atom is 0.269 e. The summed E-state index contributed by atoms with van der Waals surface area (Å²) in [6.07, 6.45) is 0. The van der Waals surface area contributed by atoms with Crippen molar-refractivity contribution in [1.29, 1.82) is 0 Å². The summed E-state index contributed by atoms with van der Waals surface area (Å²) in [7, 11) is 0. The van der Waals surface area contributed by atoms with Gasteiger partial charge in [0.15, 0.2) is 11.5 Å². The molecular formula is C24H27F2N5O3. The lowest BCUT2D eigenvalue weighted by Gasteiger charge is -2.15. The number of primary amides is 1. The first-order chi connectivity index (χ1) is 16.0. The number of rotatable bonds is 8. The molecule has 34 heavy (non-hydrogen) atoms. The van der Waals surface area contributed by atoms with E-state index in [4.69, 9.17) is 16.2 Å². The summed E-state index contributed by atoms with van der Waals surface area (Å²) in [6, 6.07) is 6.62. The van der Waals surface area contributed by atoms with Crippen LogP contribution in [0.2, 0.25) is 0 Å². The van der Waals surface area contributed by atoms with Gasteiger partial charge < -0.3 is 21.5 Å². The molecule has 0 aliphatic carbocycles. The fourth-order valence-corrected chi connectivity index (χ4v) is 3.59. The van der Waals surface area contributed by atoms with Crippen LogP contribution in [0.5, 0.6) is 5.75 Å².